The van der Waals surface area contributed by atoms with Crippen molar-refractivity contribution in [3.8, 4) is 0 Å². The zero-order valence-corrected chi connectivity index (χ0v) is 9.64. The number of likely N-dealkylation sites (tertiary alicyclic amines) is 1. The molecule has 2 heteroatoms. The minimum atomic E-state index is 0.607. The molecule has 1 fully saturated rings. The summed E-state index contributed by atoms with van der Waals surface area (Å²) in [6, 6.07) is 0. The highest BCUT2D eigenvalue weighted by Gasteiger charge is 2.32. The van der Waals surface area contributed by atoms with Crippen LogP contribution in [0.5, 0.6) is 0 Å². The molecule has 0 bridgehead atoms. The summed E-state index contributed by atoms with van der Waals surface area (Å²) in [5, 5.41) is 0. The second-order valence-electron chi connectivity index (χ2n) is 4.89. The molecule has 1 saturated heterocycles. The number of hydrogen-bond donors (Lipinski definition) is 0. The van der Waals surface area contributed by atoms with E-state index in [1.54, 1.807) is 0 Å². The first-order valence-corrected chi connectivity index (χ1v) is 5.41. The van der Waals surface area contributed by atoms with E-state index in [-0.39, 0.29) is 0 Å². The summed E-state index contributed by atoms with van der Waals surface area (Å²) in [6.45, 7) is 6.16. The summed E-state index contributed by atoms with van der Waals surface area (Å²) in [5.74, 6) is 0. The van der Waals surface area contributed by atoms with E-state index in [9.17, 15) is 0 Å². The topological polar surface area (TPSA) is 6.48 Å². The van der Waals surface area contributed by atoms with Crippen molar-refractivity contribution in [3.63, 3.8) is 0 Å². The first-order valence-electron chi connectivity index (χ1n) is 5.41. The second-order valence-corrected chi connectivity index (χ2v) is 4.89. The van der Waals surface area contributed by atoms with Gasteiger partial charge in [0.2, 0.25) is 0 Å². The van der Waals surface area contributed by atoms with E-state index in [0.717, 1.165) is 0 Å². The van der Waals surface area contributed by atoms with Gasteiger partial charge in [0, 0.05) is 6.54 Å². The van der Waals surface area contributed by atoms with Crippen molar-refractivity contribution in [2.24, 2.45) is 5.41 Å². The van der Waals surface area contributed by atoms with Crippen LogP contribution in [-0.4, -0.2) is 50.6 Å². The molecule has 0 saturated carbocycles. The lowest BCUT2D eigenvalue weighted by Crippen LogP contribution is -2.43. The lowest BCUT2D eigenvalue weighted by Gasteiger charge is -2.41. The molecule has 2 nitrogen and oxygen atoms in total. The molecular weight excluding hydrogens is 160 g/mol. The molecular formula is C11H24N2. The van der Waals surface area contributed by atoms with Crippen LogP contribution in [0.4, 0.5) is 0 Å². The quantitative estimate of drug-likeness (QED) is 0.658. The van der Waals surface area contributed by atoms with Gasteiger partial charge < -0.3 is 9.80 Å². The monoisotopic (exact) mass is 184 g/mol. The Balaban J connectivity index is 2.50. The van der Waals surface area contributed by atoms with E-state index in [0.29, 0.717) is 5.41 Å². The lowest BCUT2D eigenvalue weighted by molar-refractivity contribution is 0.0860. The number of nitrogens with zero attached hydrogens (tertiary/aromatic N) is 2. The molecule has 0 atom stereocenters. The summed E-state index contributed by atoms with van der Waals surface area (Å²) < 4.78 is 0. The fraction of sp³-hybridized carbons (Fsp3) is 1.00. The van der Waals surface area contributed by atoms with Crippen molar-refractivity contribution >= 4 is 0 Å². The highest BCUT2D eigenvalue weighted by atomic mass is 15.1. The number of rotatable bonds is 3. The van der Waals surface area contributed by atoms with E-state index in [1.165, 1.54) is 38.9 Å². The molecule has 1 aliphatic heterocycles. The van der Waals surface area contributed by atoms with Crippen LogP contribution in [0.15, 0.2) is 0 Å². The molecule has 78 valence electrons. The first kappa shape index (κ1) is 11.0. The molecule has 0 aromatic heterocycles. The molecule has 0 radical (unpaired) electrons. The van der Waals surface area contributed by atoms with Crippen LogP contribution in [0, 0.1) is 5.41 Å². The molecule has 0 aromatic rings. The van der Waals surface area contributed by atoms with Gasteiger partial charge >= 0.3 is 0 Å². The molecule has 1 aliphatic rings. The predicted molar refractivity (Wildman–Crippen MR) is 58.0 cm³/mol. The summed E-state index contributed by atoms with van der Waals surface area (Å²) >= 11 is 0. The van der Waals surface area contributed by atoms with Crippen molar-refractivity contribution in [1.29, 1.82) is 0 Å². The Morgan fingerprint density at radius 2 is 1.77 bits per heavy atom. The van der Waals surface area contributed by atoms with Crippen molar-refractivity contribution in [2.75, 3.05) is 40.8 Å². The Hall–Kier alpha value is -0.0800. The Morgan fingerprint density at radius 3 is 2.15 bits per heavy atom. The molecule has 1 heterocycles. The first-order chi connectivity index (χ1) is 6.08. The van der Waals surface area contributed by atoms with Crippen molar-refractivity contribution in [1.82, 2.24) is 9.80 Å². The van der Waals surface area contributed by atoms with Crippen LogP contribution >= 0.6 is 0 Å². The summed E-state index contributed by atoms with van der Waals surface area (Å²) in [6.07, 6.45) is 4.08. The van der Waals surface area contributed by atoms with Gasteiger partial charge in [-0.25, -0.2) is 0 Å². The van der Waals surface area contributed by atoms with Crippen LogP contribution < -0.4 is 0 Å². The van der Waals surface area contributed by atoms with Gasteiger partial charge in [0.15, 0.2) is 0 Å². The molecule has 0 spiro atoms. The number of piperidine rings is 1. The maximum absolute atomic E-state index is 2.45. The van der Waals surface area contributed by atoms with Crippen LogP contribution in [0.1, 0.15) is 26.2 Å². The van der Waals surface area contributed by atoms with Gasteiger partial charge in [-0.05, 0) is 58.9 Å². The summed E-state index contributed by atoms with van der Waals surface area (Å²) in [5.41, 5.74) is 0.607. The van der Waals surface area contributed by atoms with Gasteiger partial charge in [-0.2, -0.15) is 0 Å². The lowest BCUT2D eigenvalue weighted by atomic mass is 9.76. The smallest absolute Gasteiger partial charge is 0.00327 e. The average molecular weight is 184 g/mol. The molecule has 13 heavy (non-hydrogen) atoms. The van der Waals surface area contributed by atoms with Gasteiger partial charge in [-0.3, -0.25) is 0 Å². The van der Waals surface area contributed by atoms with Crippen LogP contribution in [0.25, 0.3) is 0 Å². The highest BCUT2D eigenvalue weighted by molar-refractivity contribution is 4.85. The Morgan fingerprint density at radius 1 is 1.23 bits per heavy atom. The van der Waals surface area contributed by atoms with Gasteiger partial charge in [0.1, 0.15) is 0 Å². The van der Waals surface area contributed by atoms with Gasteiger partial charge in [-0.15, -0.1) is 0 Å². The number of hydrogen-bond acceptors (Lipinski definition) is 2. The molecule has 0 aromatic carbocycles. The highest BCUT2D eigenvalue weighted by Crippen LogP contribution is 2.34. The Labute approximate surface area is 82.9 Å². The van der Waals surface area contributed by atoms with Crippen LogP contribution in [0.2, 0.25) is 0 Å². The van der Waals surface area contributed by atoms with Crippen molar-refractivity contribution < 1.29 is 0 Å². The normalized spacial score (nSPS) is 23.8. The maximum Gasteiger partial charge on any atom is 0.00327 e. The fourth-order valence-electron chi connectivity index (χ4n) is 2.39. The largest absolute Gasteiger partial charge is 0.309 e. The van der Waals surface area contributed by atoms with Crippen molar-refractivity contribution in [3.05, 3.63) is 0 Å². The van der Waals surface area contributed by atoms with Crippen LogP contribution in [-0.2, 0) is 0 Å². The van der Waals surface area contributed by atoms with E-state index < -0.39 is 0 Å². The third-order valence-electron chi connectivity index (χ3n) is 3.45. The summed E-state index contributed by atoms with van der Waals surface area (Å²) in [4.78, 5) is 4.79. The third kappa shape index (κ3) is 2.96. The molecule has 0 amide bonds. The minimum Gasteiger partial charge on any atom is -0.309 e. The standard InChI is InChI=1S/C11H24N2/c1-5-11(10-12(2)3)6-8-13(4)9-7-11/h5-10H2,1-4H3. The third-order valence-corrected chi connectivity index (χ3v) is 3.45. The molecule has 0 aliphatic carbocycles. The zero-order chi connectivity index (χ0) is 9.90. The zero-order valence-electron chi connectivity index (χ0n) is 9.64. The molecule has 0 unspecified atom stereocenters. The van der Waals surface area contributed by atoms with Crippen molar-refractivity contribution in [2.45, 2.75) is 26.2 Å². The molecule has 1 rings (SSSR count). The van der Waals surface area contributed by atoms with E-state index in [2.05, 4.69) is 37.9 Å². The van der Waals surface area contributed by atoms with Gasteiger partial charge in [0.05, 0.1) is 0 Å². The second kappa shape index (κ2) is 4.43. The average Bonchev–Trinajstić information content (AvgIpc) is 2.09. The Bertz CT molecular complexity index is 146. The van der Waals surface area contributed by atoms with Crippen LogP contribution in [0.3, 0.4) is 0 Å². The van der Waals surface area contributed by atoms with Gasteiger partial charge in [0.25, 0.3) is 0 Å². The van der Waals surface area contributed by atoms with E-state index >= 15 is 0 Å². The van der Waals surface area contributed by atoms with E-state index in [4.69, 9.17) is 0 Å². The predicted octanol–water partition coefficient (Wildman–Crippen LogP) is 1.67. The fourth-order valence-corrected chi connectivity index (χ4v) is 2.39. The Kier molecular flexibility index (Phi) is 3.74. The minimum absolute atomic E-state index is 0.607. The van der Waals surface area contributed by atoms with Gasteiger partial charge in [-0.1, -0.05) is 6.92 Å². The van der Waals surface area contributed by atoms with E-state index in [1.807, 2.05) is 0 Å². The SMILES string of the molecule is CCC1(CN(C)C)CCN(C)CC1. The maximum atomic E-state index is 2.45. The summed E-state index contributed by atoms with van der Waals surface area (Å²) in [7, 11) is 6.61. The molecule has 0 N–H and O–H groups in total.